The summed E-state index contributed by atoms with van der Waals surface area (Å²) in [6.45, 7) is 16.6. The lowest BCUT2D eigenvalue weighted by Gasteiger charge is -2.39. The number of nitrogens with zero attached hydrogens (tertiary/aromatic N) is 2. The van der Waals surface area contributed by atoms with Gasteiger partial charge in [-0.3, -0.25) is 4.90 Å². The number of aliphatic hydroxyl groups is 1. The first kappa shape index (κ1) is 18.6. The monoisotopic (exact) mass is 338 g/mol. The lowest BCUT2D eigenvalue weighted by atomic mass is 9.70. The number of hydrogen-bond donors (Lipinski definition) is 1. The molecule has 0 amide bonds. The van der Waals surface area contributed by atoms with E-state index in [-0.39, 0.29) is 6.10 Å². The summed E-state index contributed by atoms with van der Waals surface area (Å²) in [7, 11) is 0. The van der Waals surface area contributed by atoms with E-state index in [1.165, 1.54) is 19.3 Å². The Bertz CT molecular complexity index is 420. The van der Waals surface area contributed by atoms with Crippen LogP contribution < -0.4 is 0 Å². The molecule has 140 valence electrons. The third-order valence-corrected chi connectivity index (χ3v) is 7.87. The van der Waals surface area contributed by atoms with Crippen LogP contribution in [0.3, 0.4) is 0 Å². The molecule has 0 radical (unpaired) electrons. The fourth-order valence-electron chi connectivity index (χ4n) is 5.41. The first-order valence-corrected chi connectivity index (χ1v) is 10.1. The number of ether oxygens (including phenoxy) is 1. The quantitative estimate of drug-likeness (QED) is 0.774. The van der Waals surface area contributed by atoms with E-state index in [1.54, 1.807) is 0 Å². The molecule has 0 unspecified atom stereocenters. The van der Waals surface area contributed by atoms with Crippen molar-refractivity contribution in [1.82, 2.24) is 9.80 Å². The number of likely N-dealkylation sites (N-methyl/N-ethyl adjacent to an activating group) is 1. The second kappa shape index (κ2) is 7.22. The van der Waals surface area contributed by atoms with Crippen LogP contribution in [0.5, 0.6) is 0 Å². The summed E-state index contributed by atoms with van der Waals surface area (Å²) < 4.78 is 6.28. The van der Waals surface area contributed by atoms with E-state index in [1.807, 2.05) is 0 Å². The van der Waals surface area contributed by atoms with Crippen LogP contribution in [0.15, 0.2) is 0 Å². The van der Waals surface area contributed by atoms with Crippen molar-refractivity contribution >= 4 is 0 Å². The van der Waals surface area contributed by atoms with Gasteiger partial charge in [0.2, 0.25) is 0 Å². The van der Waals surface area contributed by atoms with Crippen molar-refractivity contribution in [1.29, 1.82) is 0 Å². The van der Waals surface area contributed by atoms with E-state index < -0.39 is 0 Å². The molecule has 0 aromatic heterocycles. The lowest BCUT2D eigenvalue weighted by Crippen LogP contribution is -2.48. The number of rotatable bonds is 7. The third kappa shape index (κ3) is 3.40. The minimum absolute atomic E-state index is 0.252. The van der Waals surface area contributed by atoms with Gasteiger partial charge in [0.25, 0.3) is 0 Å². The molecule has 1 saturated heterocycles. The van der Waals surface area contributed by atoms with Gasteiger partial charge in [0, 0.05) is 39.3 Å². The molecule has 24 heavy (non-hydrogen) atoms. The van der Waals surface area contributed by atoms with Gasteiger partial charge >= 0.3 is 0 Å². The first-order chi connectivity index (χ1) is 11.4. The van der Waals surface area contributed by atoms with Gasteiger partial charge in [0.05, 0.1) is 12.2 Å². The minimum atomic E-state index is -0.252. The predicted octanol–water partition coefficient (Wildman–Crippen LogP) is 2.61. The molecule has 0 spiro atoms. The molecule has 2 aliphatic carbocycles. The number of hydrogen-bond acceptors (Lipinski definition) is 4. The summed E-state index contributed by atoms with van der Waals surface area (Å²) in [6, 6.07) is 0. The highest BCUT2D eigenvalue weighted by atomic mass is 16.5. The third-order valence-electron chi connectivity index (χ3n) is 7.87. The normalized spacial score (nSPS) is 37.9. The smallest absolute Gasteiger partial charge is 0.0689 e. The summed E-state index contributed by atoms with van der Waals surface area (Å²) in [5.41, 5.74) is 0.744. The van der Waals surface area contributed by atoms with E-state index >= 15 is 0 Å². The molecule has 3 aliphatic rings. The Kier molecular flexibility index (Phi) is 5.60. The van der Waals surface area contributed by atoms with E-state index in [0.29, 0.717) is 23.5 Å². The first-order valence-electron chi connectivity index (χ1n) is 10.1. The molecule has 0 aromatic rings. The van der Waals surface area contributed by atoms with Crippen molar-refractivity contribution < 1.29 is 9.84 Å². The van der Waals surface area contributed by atoms with Crippen LogP contribution in [-0.2, 0) is 4.74 Å². The standard InChI is InChI=1S/C20H38N2O2/c1-5-21-9-11-22(12-10-21)15-17(23)7-13-24-18-14-16-6-8-20(18,4)19(16,2)3/h16-18,23H,5-15H2,1-4H3/t16-,17+,18-,20-/m1/s1. The van der Waals surface area contributed by atoms with Gasteiger partial charge in [0.1, 0.15) is 0 Å². The maximum Gasteiger partial charge on any atom is 0.0689 e. The topological polar surface area (TPSA) is 35.9 Å². The average molecular weight is 339 g/mol. The summed E-state index contributed by atoms with van der Waals surface area (Å²) in [5.74, 6) is 0.826. The molecule has 4 nitrogen and oxygen atoms in total. The Balaban J connectivity index is 1.37. The zero-order valence-electron chi connectivity index (χ0n) is 16.3. The number of piperazine rings is 1. The summed E-state index contributed by atoms with van der Waals surface area (Å²) in [6.07, 6.45) is 4.81. The number of fused-ring (bicyclic) bond motifs is 2. The zero-order chi connectivity index (χ0) is 17.4. The van der Waals surface area contributed by atoms with Crippen LogP contribution in [0.25, 0.3) is 0 Å². The molecule has 3 rings (SSSR count). The highest BCUT2D eigenvalue weighted by Crippen LogP contribution is 2.66. The van der Waals surface area contributed by atoms with Crippen LogP contribution in [0.2, 0.25) is 0 Å². The molecular weight excluding hydrogens is 300 g/mol. The van der Waals surface area contributed by atoms with Gasteiger partial charge in [-0.05, 0) is 49.0 Å². The van der Waals surface area contributed by atoms with E-state index in [0.717, 1.165) is 51.6 Å². The molecule has 2 saturated carbocycles. The Labute approximate surface area is 148 Å². The van der Waals surface area contributed by atoms with Crippen LogP contribution in [0, 0.1) is 16.7 Å². The Morgan fingerprint density at radius 2 is 1.79 bits per heavy atom. The summed E-state index contributed by atoms with van der Waals surface area (Å²) >= 11 is 0. The number of aliphatic hydroxyl groups excluding tert-OH is 1. The highest BCUT2D eigenvalue weighted by Gasteiger charge is 2.61. The van der Waals surface area contributed by atoms with Crippen molar-refractivity contribution in [3.63, 3.8) is 0 Å². The maximum atomic E-state index is 10.4. The van der Waals surface area contributed by atoms with Gasteiger partial charge < -0.3 is 14.7 Å². The largest absolute Gasteiger partial charge is 0.392 e. The highest BCUT2D eigenvalue weighted by molar-refractivity contribution is 5.11. The summed E-state index contributed by atoms with van der Waals surface area (Å²) in [4.78, 5) is 4.88. The maximum absolute atomic E-state index is 10.4. The fourth-order valence-corrected chi connectivity index (χ4v) is 5.41. The molecule has 1 heterocycles. The fraction of sp³-hybridized carbons (Fsp3) is 1.00. The van der Waals surface area contributed by atoms with E-state index in [9.17, 15) is 5.11 Å². The molecule has 1 aliphatic heterocycles. The molecule has 0 aromatic carbocycles. The SMILES string of the molecule is CCN1CCN(C[C@@H](O)CCO[C@@H]2C[C@H]3CC[C@@]2(C)C3(C)C)CC1. The van der Waals surface area contributed by atoms with E-state index in [2.05, 4.69) is 37.5 Å². The summed E-state index contributed by atoms with van der Waals surface area (Å²) in [5, 5.41) is 10.4. The van der Waals surface area contributed by atoms with Crippen LogP contribution >= 0.6 is 0 Å². The van der Waals surface area contributed by atoms with Gasteiger partial charge in [-0.2, -0.15) is 0 Å². The Morgan fingerprint density at radius 1 is 1.12 bits per heavy atom. The zero-order valence-corrected chi connectivity index (χ0v) is 16.3. The van der Waals surface area contributed by atoms with Crippen LogP contribution in [-0.4, -0.2) is 73.0 Å². The lowest BCUT2D eigenvalue weighted by molar-refractivity contribution is -0.0570. The molecule has 4 heteroatoms. The molecular formula is C20H38N2O2. The molecule has 3 fully saturated rings. The van der Waals surface area contributed by atoms with E-state index in [4.69, 9.17) is 4.74 Å². The van der Waals surface area contributed by atoms with Crippen molar-refractivity contribution in [2.45, 2.75) is 65.6 Å². The molecule has 1 N–H and O–H groups in total. The van der Waals surface area contributed by atoms with Crippen molar-refractivity contribution in [3.05, 3.63) is 0 Å². The number of β-amino-alcohol motifs (C(OH)–C–C–N with tert-alkyl or cyclic N) is 1. The van der Waals surface area contributed by atoms with Gasteiger partial charge in [-0.15, -0.1) is 0 Å². The molecule has 4 atom stereocenters. The predicted molar refractivity (Wildman–Crippen MR) is 98.1 cm³/mol. The second-order valence-corrected chi connectivity index (χ2v) is 9.15. The van der Waals surface area contributed by atoms with Crippen molar-refractivity contribution in [2.75, 3.05) is 45.9 Å². The molecule has 2 bridgehead atoms. The Hall–Kier alpha value is -0.160. The van der Waals surface area contributed by atoms with Gasteiger partial charge in [-0.1, -0.05) is 27.7 Å². The average Bonchev–Trinajstić information content (AvgIpc) is 2.89. The van der Waals surface area contributed by atoms with Gasteiger partial charge in [-0.25, -0.2) is 0 Å². The van der Waals surface area contributed by atoms with Crippen molar-refractivity contribution in [3.8, 4) is 0 Å². The second-order valence-electron chi connectivity index (χ2n) is 9.15. The Morgan fingerprint density at radius 3 is 2.33 bits per heavy atom. The van der Waals surface area contributed by atoms with Gasteiger partial charge in [0.15, 0.2) is 0 Å². The van der Waals surface area contributed by atoms with Crippen LogP contribution in [0.1, 0.15) is 53.4 Å². The minimum Gasteiger partial charge on any atom is -0.392 e. The van der Waals surface area contributed by atoms with Crippen LogP contribution in [0.4, 0.5) is 0 Å². The van der Waals surface area contributed by atoms with Crippen molar-refractivity contribution in [2.24, 2.45) is 16.7 Å².